The van der Waals surface area contributed by atoms with Crippen molar-refractivity contribution in [3.63, 3.8) is 0 Å². The smallest absolute Gasteiger partial charge is 0.241 e. The molecule has 1 aromatic heterocycles. The molecule has 1 N–H and O–H groups in total. The van der Waals surface area contributed by atoms with Gasteiger partial charge < -0.3 is 0 Å². The van der Waals surface area contributed by atoms with Gasteiger partial charge >= 0.3 is 0 Å². The van der Waals surface area contributed by atoms with E-state index in [1.54, 1.807) is 0 Å². The van der Waals surface area contributed by atoms with Crippen molar-refractivity contribution >= 4 is 0 Å². The van der Waals surface area contributed by atoms with Crippen LogP contribution in [0.5, 0.6) is 0 Å². The van der Waals surface area contributed by atoms with Crippen LogP contribution in [0.15, 0.2) is 6.33 Å². The quantitative estimate of drug-likeness (QED) is 0.599. The first-order chi connectivity index (χ1) is 9.80. The standard InChI is InChI=1S/C19H36N2/c1-8-11-14-21-15-20-16(18(4,5)12-9-2)17(21)19(6,7)13-10-3/h15H,8-14H2,1-7H3/p+1. The van der Waals surface area contributed by atoms with Gasteiger partial charge in [0.25, 0.3) is 0 Å². The monoisotopic (exact) mass is 293 g/mol. The van der Waals surface area contributed by atoms with Gasteiger partial charge in [0.15, 0.2) is 5.69 Å². The Hall–Kier alpha value is -0.790. The Kier molecular flexibility index (Phi) is 6.49. The molecule has 1 heterocycles. The van der Waals surface area contributed by atoms with Gasteiger partial charge in [-0.05, 0) is 19.3 Å². The van der Waals surface area contributed by atoms with E-state index in [0.717, 1.165) is 6.54 Å². The van der Waals surface area contributed by atoms with E-state index >= 15 is 0 Å². The molecule has 0 bridgehead atoms. The van der Waals surface area contributed by atoms with Gasteiger partial charge in [0.05, 0.1) is 6.54 Å². The predicted molar refractivity (Wildman–Crippen MR) is 91.8 cm³/mol. The van der Waals surface area contributed by atoms with Crippen LogP contribution in [0.1, 0.15) is 98.4 Å². The van der Waals surface area contributed by atoms with Crippen LogP contribution in [0, 0.1) is 0 Å². The molecule has 0 radical (unpaired) electrons. The van der Waals surface area contributed by atoms with Crippen LogP contribution in [0.4, 0.5) is 0 Å². The second kappa shape index (κ2) is 7.47. The molecule has 0 spiro atoms. The van der Waals surface area contributed by atoms with Gasteiger partial charge in [0.2, 0.25) is 6.33 Å². The van der Waals surface area contributed by atoms with E-state index in [0.29, 0.717) is 0 Å². The number of hydrogen-bond donors (Lipinski definition) is 1. The Morgan fingerprint density at radius 2 is 1.48 bits per heavy atom. The van der Waals surface area contributed by atoms with Crippen molar-refractivity contribution in [1.82, 2.24) is 4.98 Å². The van der Waals surface area contributed by atoms with Crippen LogP contribution >= 0.6 is 0 Å². The fourth-order valence-electron chi connectivity index (χ4n) is 3.66. The van der Waals surface area contributed by atoms with Crippen molar-refractivity contribution in [1.29, 1.82) is 0 Å². The molecule has 0 unspecified atom stereocenters. The molecule has 0 saturated heterocycles. The summed E-state index contributed by atoms with van der Waals surface area (Å²) in [4.78, 5) is 3.64. The summed E-state index contributed by atoms with van der Waals surface area (Å²) in [6, 6.07) is 0. The van der Waals surface area contributed by atoms with E-state index in [9.17, 15) is 0 Å². The average molecular weight is 294 g/mol. The minimum absolute atomic E-state index is 0.229. The molecule has 0 aromatic carbocycles. The van der Waals surface area contributed by atoms with Crippen molar-refractivity contribution in [3.8, 4) is 0 Å². The first-order valence-corrected chi connectivity index (χ1v) is 8.92. The third-order valence-corrected chi connectivity index (χ3v) is 4.71. The van der Waals surface area contributed by atoms with Crippen LogP contribution in [0.3, 0.4) is 0 Å². The minimum atomic E-state index is 0.229. The number of aryl methyl sites for hydroxylation is 1. The van der Waals surface area contributed by atoms with Gasteiger partial charge in [-0.25, -0.2) is 9.55 Å². The Labute approximate surface area is 132 Å². The lowest BCUT2D eigenvalue weighted by Gasteiger charge is -2.28. The highest BCUT2D eigenvalue weighted by atomic mass is 15.1. The summed E-state index contributed by atoms with van der Waals surface area (Å²) in [5.74, 6) is 0. The normalized spacial score (nSPS) is 12.9. The van der Waals surface area contributed by atoms with E-state index in [2.05, 4.69) is 64.3 Å². The van der Waals surface area contributed by atoms with E-state index in [4.69, 9.17) is 0 Å². The molecule has 1 rings (SSSR count). The second-order valence-electron chi connectivity index (χ2n) is 7.81. The van der Waals surface area contributed by atoms with Crippen LogP contribution in [-0.2, 0) is 17.4 Å². The number of nitrogens with zero attached hydrogens (tertiary/aromatic N) is 1. The molecule has 2 nitrogen and oxygen atoms in total. The maximum atomic E-state index is 3.64. The number of aromatic nitrogens is 2. The van der Waals surface area contributed by atoms with E-state index in [-0.39, 0.29) is 10.8 Å². The van der Waals surface area contributed by atoms with E-state index in [1.165, 1.54) is 49.9 Å². The molecule has 0 saturated carbocycles. The highest BCUT2D eigenvalue weighted by molar-refractivity contribution is 5.23. The molecule has 0 fully saturated rings. The maximum absolute atomic E-state index is 3.64. The van der Waals surface area contributed by atoms with Gasteiger partial charge in [-0.1, -0.05) is 67.7 Å². The van der Waals surface area contributed by atoms with Crippen LogP contribution < -0.4 is 4.57 Å². The number of aromatic amines is 1. The third-order valence-electron chi connectivity index (χ3n) is 4.71. The molecule has 21 heavy (non-hydrogen) atoms. The van der Waals surface area contributed by atoms with Gasteiger partial charge in [-0.15, -0.1) is 0 Å². The summed E-state index contributed by atoms with van der Waals surface area (Å²) in [5, 5.41) is 0. The summed E-state index contributed by atoms with van der Waals surface area (Å²) in [6.45, 7) is 17.6. The highest BCUT2D eigenvalue weighted by Crippen LogP contribution is 2.36. The molecule has 0 aliphatic heterocycles. The van der Waals surface area contributed by atoms with Crippen molar-refractivity contribution in [2.24, 2.45) is 0 Å². The molecule has 0 amide bonds. The summed E-state index contributed by atoms with van der Waals surface area (Å²) in [7, 11) is 0. The minimum Gasteiger partial charge on any atom is -0.247 e. The lowest BCUT2D eigenvalue weighted by atomic mass is 9.75. The number of rotatable bonds is 9. The van der Waals surface area contributed by atoms with Crippen molar-refractivity contribution < 1.29 is 4.57 Å². The van der Waals surface area contributed by atoms with Crippen molar-refractivity contribution in [3.05, 3.63) is 17.7 Å². The largest absolute Gasteiger partial charge is 0.247 e. The molecular weight excluding hydrogens is 256 g/mol. The topological polar surface area (TPSA) is 19.7 Å². The lowest BCUT2D eigenvalue weighted by Crippen LogP contribution is -2.43. The summed E-state index contributed by atoms with van der Waals surface area (Å²) in [5.41, 5.74) is 3.46. The average Bonchev–Trinajstić information content (AvgIpc) is 2.81. The van der Waals surface area contributed by atoms with Crippen molar-refractivity contribution in [2.45, 2.75) is 104 Å². The SMILES string of the molecule is CCCC[n+]1c[nH]c(C(C)(C)CCC)c1C(C)(C)CCC. The fourth-order valence-corrected chi connectivity index (χ4v) is 3.66. The van der Waals surface area contributed by atoms with Crippen molar-refractivity contribution in [2.75, 3.05) is 0 Å². The summed E-state index contributed by atoms with van der Waals surface area (Å²) < 4.78 is 2.49. The first-order valence-electron chi connectivity index (χ1n) is 8.92. The number of H-pyrrole nitrogens is 1. The molecule has 0 aliphatic rings. The first kappa shape index (κ1) is 18.3. The van der Waals surface area contributed by atoms with Gasteiger partial charge in [-0.3, -0.25) is 0 Å². The maximum Gasteiger partial charge on any atom is 0.241 e. The van der Waals surface area contributed by atoms with E-state index < -0.39 is 0 Å². The molecule has 2 heteroatoms. The molecular formula is C19H37N2+. The predicted octanol–water partition coefficient (Wildman–Crippen LogP) is 5.26. The third kappa shape index (κ3) is 4.34. The van der Waals surface area contributed by atoms with Gasteiger partial charge in [0.1, 0.15) is 5.69 Å². The Morgan fingerprint density at radius 1 is 0.905 bits per heavy atom. The zero-order valence-corrected chi connectivity index (χ0v) is 15.5. The number of hydrogen-bond acceptors (Lipinski definition) is 0. The van der Waals surface area contributed by atoms with Crippen LogP contribution in [0.25, 0.3) is 0 Å². The summed E-state index contributed by atoms with van der Waals surface area (Å²) in [6.07, 6.45) is 9.66. The number of nitrogens with one attached hydrogen (secondary N) is 1. The zero-order chi connectivity index (χ0) is 16.1. The van der Waals surface area contributed by atoms with Gasteiger partial charge in [0, 0.05) is 10.8 Å². The molecule has 1 aromatic rings. The molecule has 0 atom stereocenters. The molecule has 122 valence electrons. The summed E-state index contributed by atoms with van der Waals surface area (Å²) >= 11 is 0. The van der Waals surface area contributed by atoms with Gasteiger partial charge in [-0.2, -0.15) is 0 Å². The van der Waals surface area contributed by atoms with Crippen LogP contribution in [0.2, 0.25) is 0 Å². The van der Waals surface area contributed by atoms with Crippen LogP contribution in [-0.4, -0.2) is 4.98 Å². The zero-order valence-electron chi connectivity index (χ0n) is 15.5. The fraction of sp³-hybridized carbons (Fsp3) is 0.842. The van der Waals surface area contributed by atoms with E-state index in [1.807, 2.05) is 0 Å². The molecule has 0 aliphatic carbocycles. The Balaban J connectivity index is 3.28. The second-order valence-corrected chi connectivity index (χ2v) is 7.81. The number of imidazole rings is 1. The Bertz CT molecular complexity index is 427. The Morgan fingerprint density at radius 3 is 2.00 bits per heavy atom. The number of unbranched alkanes of at least 4 members (excludes halogenated alkanes) is 1. The lowest BCUT2D eigenvalue weighted by molar-refractivity contribution is -0.706. The highest BCUT2D eigenvalue weighted by Gasteiger charge is 2.38.